The van der Waals surface area contributed by atoms with Crippen molar-refractivity contribution in [3.63, 3.8) is 0 Å². The summed E-state index contributed by atoms with van der Waals surface area (Å²) in [7, 11) is 0. The number of hydrogen-bond acceptors (Lipinski definition) is 7. The minimum Gasteiger partial charge on any atom is -0.454 e. The van der Waals surface area contributed by atoms with Crippen LogP contribution < -0.4 is 10.9 Å². The van der Waals surface area contributed by atoms with Crippen molar-refractivity contribution < 1.29 is 14.0 Å². The predicted octanol–water partition coefficient (Wildman–Crippen LogP) is 3.18. The highest BCUT2D eigenvalue weighted by molar-refractivity contribution is 7.99. The number of hydrazine groups is 1. The Morgan fingerprint density at radius 3 is 2.55 bits per heavy atom. The fourth-order valence-corrected chi connectivity index (χ4v) is 4.07. The molecule has 0 atom stereocenters. The molecule has 2 heterocycles. The van der Waals surface area contributed by atoms with Crippen molar-refractivity contribution in [1.29, 1.82) is 0 Å². The molecule has 0 unspecified atom stereocenters. The second-order valence-corrected chi connectivity index (χ2v) is 8.62. The Kier molecular flexibility index (Phi) is 8.29. The Hall–Kier alpha value is -3.11. The lowest BCUT2D eigenvalue weighted by Gasteiger charge is -2.15. The summed E-state index contributed by atoms with van der Waals surface area (Å²) in [6.07, 6.45) is 0. The molecule has 176 valence electrons. The van der Waals surface area contributed by atoms with Crippen molar-refractivity contribution in [3.05, 3.63) is 58.8 Å². The van der Waals surface area contributed by atoms with E-state index < -0.39 is 5.91 Å². The minimum absolute atomic E-state index is 0.0641. The highest BCUT2D eigenvalue weighted by Crippen LogP contribution is 2.24. The van der Waals surface area contributed by atoms with Gasteiger partial charge in [-0.15, -0.1) is 10.2 Å². The smallest absolute Gasteiger partial charge is 0.305 e. The number of hydrogen-bond donors (Lipinski definition) is 2. The van der Waals surface area contributed by atoms with Gasteiger partial charge in [-0.2, -0.15) is 0 Å². The third-order valence-electron chi connectivity index (χ3n) is 5.21. The normalized spacial score (nSPS) is 11.1. The van der Waals surface area contributed by atoms with Crippen molar-refractivity contribution >= 4 is 23.6 Å². The van der Waals surface area contributed by atoms with Crippen LogP contribution in [0.3, 0.4) is 0 Å². The van der Waals surface area contributed by atoms with E-state index in [4.69, 9.17) is 4.42 Å². The van der Waals surface area contributed by atoms with Gasteiger partial charge in [0, 0.05) is 0 Å². The highest BCUT2D eigenvalue weighted by atomic mass is 32.2. The number of carbonyl (C=O) groups excluding carboxylic acids is 2. The third-order valence-corrected chi connectivity index (χ3v) is 6.14. The summed E-state index contributed by atoms with van der Waals surface area (Å²) < 4.78 is 7.53. The third kappa shape index (κ3) is 6.23. The molecule has 2 amide bonds. The minimum atomic E-state index is -0.506. The van der Waals surface area contributed by atoms with E-state index in [2.05, 4.69) is 45.9 Å². The van der Waals surface area contributed by atoms with Crippen LogP contribution in [0, 0.1) is 20.8 Å². The molecule has 0 bridgehead atoms. The van der Waals surface area contributed by atoms with E-state index >= 15 is 0 Å². The van der Waals surface area contributed by atoms with E-state index in [-0.39, 0.29) is 17.4 Å². The van der Waals surface area contributed by atoms with Crippen LogP contribution in [0.4, 0.5) is 0 Å². The Morgan fingerprint density at radius 1 is 1.06 bits per heavy atom. The van der Waals surface area contributed by atoms with Crippen LogP contribution in [-0.4, -0.2) is 50.3 Å². The maximum absolute atomic E-state index is 12.3. The number of nitrogens with zero attached hydrogens (tertiary/aromatic N) is 4. The lowest BCUT2D eigenvalue weighted by molar-refractivity contribution is -0.119. The molecule has 0 spiro atoms. The van der Waals surface area contributed by atoms with Crippen LogP contribution in [-0.2, 0) is 11.3 Å². The second kappa shape index (κ2) is 11.2. The first kappa shape index (κ1) is 24.5. The first-order valence-corrected chi connectivity index (χ1v) is 11.8. The zero-order valence-corrected chi connectivity index (χ0v) is 20.5. The average Bonchev–Trinajstić information content (AvgIpc) is 3.42. The Morgan fingerprint density at radius 2 is 1.82 bits per heavy atom. The van der Waals surface area contributed by atoms with Crippen LogP contribution >= 0.6 is 11.8 Å². The number of aryl methyl sites for hydroxylation is 3. The van der Waals surface area contributed by atoms with Crippen molar-refractivity contribution in [2.45, 2.75) is 46.3 Å². The maximum atomic E-state index is 12.3. The van der Waals surface area contributed by atoms with Gasteiger partial charge in [-0.3, -0.25) is 29.9 Å². The summed E-state index contributed by atoms with van der Waals surface area (Å²) in [4.78, 5) is 26.8. The zero-order chi connectivity index (χ0) is 24.0. The number of aromatic nitrogens is 3. The van der Waals surface area contributed by atoms with Gasteiger partial charge in [0.25, 0.3) is 0 Å². The highest BCUT2D eigenvalue weighted by Gasteiger charge is 2.17. The van der Waals surface area contributed by atoms with Crippen molar-refractivity contribution in [3.8, 4) is 5.69 Å². The van der Waals surface area contributed by atoms with Gasteiger partial charge in [0.1, 0.15) is 11.6 Å². The van der Waals surface area contributed by atoms with Crippen LogP contribution in [0.25, 0.3) is 5.69 Å². The summed E-state index contributed by atoms with van der Waals surface area (Å²) in [5.74, 6) is 0.778. The molecule has 2 N–H and O–H groups in total. The number of thioether (sulfide) groups is 1. The lowest BCUT2D eigenvalue weighted by Crippen LogP contribution is -2.42. The van der Waals surface area contributed by atoms with Gasteiger partial charge >= 0.3 is 5.91 Å². The van der Waals surface area contributed by atoms with Crippen molar-refractivity contribution in [1.82, 2.24) is 30.5 Å². The van der Waals surface area contributed by atoms with E-state index in [0.29, 0.717) is 17.5 Å². The van der Waals surface area contributed by atoms with Gasteiger partial charge in [-0.25, -0.2) is 0 Å². The van der Waals surface area contributed by atoms with Crippen LogP contribution in [0.2, 0.25) is 0 Å². The van der Waals surface area contributed by atoms with Gasteiger partial charge in [0.05, 0.1) is 18.0 Å². The number of furan rings is 1. The maximum Gasteiger partial charge on any atom is 0.305 e. The van der Waals surface area contributed by atoms with Gasteiger partial charge in [0.2, 0.25) is 5.91 Å². The lowest BCUT2D eigenvalue weighted by atomic mass is 10.1. The number of amides is 2. The molecular weight excluding hydrogens is 440 g/mol. The number of benzene rings is 1. The van der Waals surface area contributed by atoms with Crippen LogP contribution in [0.15, 0.2) is 39.9 Å². The SMILES string of the molecule is CCN(CC)Cc1ccc(C(=O)NNC(=O)CSc2nnc(C)n2-c2cc(C)ccc2C)o1. The fourth-order valence-electron chi connectivity index (χ4n) is 3.28. The monoisotopic (exact) mass is 470 g/mol. The van der Waals surface area contributed by atoms with E-state index in [1.807, 2.05) is 37.5 Å². The molecule has 1 aromatic carbocycles. The van der Waals surface area contributed by atoms with Crippen molar-refractivity contribution in [2.24, 2.45) is 0 Å². The molecular formula is C23H30N6O3S. The Labute approximate surface area is 197 Å². The molecule has 0 aliphatic carbocycles. The van der Waals surface area contributed by atoms with E-state index in [0.717, 1.165) is 35.7 Å². The Bertz CT molecular complexity index is 1120. The summed E-state index contributed by atoms with van der Waals surface area (Å²) in [5.41, 5.74) is 8.00. The zero-order valence-electron chi connectivity index (χ0n) is 19.6. The first-order chi connectivity index (χ1) is 15.8. The van der Waals surface area contributed by atoms with E-state index in [1.54, 1.807) is 12.1 Å². The number of rotatable bonds is 9. The van der Waals surface area contributed by atoms with E-state index in [1.165, 1.54) is 11.8 Å². The molecule has 0 fully saturated rings. The number of carbonyl (C=O) groups is 2. The summed E-state index contributed by atoms with van der Waals surface area (Å²) in [6.45, 7) is 12.5. The predicted molar refractivity (Wildman–Crippen MR) is 127 cm³/mol. The molecule has 0 saturated heterocycles. The van der Waals surface area contributed by atoms with Gasteiger partial charge in [0.15, 0.2) is 10.9 Å². The second-order valence-electron chi connectivity index (χ2n) is 7.67. The first-order valence-electron chi connectivity index (χ1n) is 10.8. The van der Waals surface area contributed by atoms with Gasteiger partial charge < -0.3 is 4.42 Å². The number of nitrogens with one attached hydrogen (secondary N) is 2. The molecule has 33 heavy (non-hydrogen) atoms. The van der Waals surface area contributed by atoms with E-state index in [9.17, 15) is 9.59 Å². The molecule has 0 saturated carbocycles. The summed E-state index contributed by atoms with van der Waals surface area (Å²) in [5, 5.41) is 8.98. The molecule has 0 aliphatic heterocycles. The summed E-state index contributed by atoms with van der Waals surface area (Å²) >= 11 is 1.25. The summed E-state index contributed by atoms with van der Waals surface area (Å²) in [6, 6.07) is 9.53. The molecule has 0 aliphatic rings. The topological polar surface area (TPSA) is 105 Å². The molecule has 9 nitrogen and oxygen atoms in total. The molecule has 0 radical (unpaired) electrons. The molecule has 10 heteroatoms. The largest absolute Gasteiger partial charge is 0.454 e. The average molecular weight is 471 g/mol. The van der Waals surface area contributed by atoms with Crippen molar-refractivity contribution in [2.75, 3.05) is 18.8 Å². The molecule has 3 aromatic rings. The molecule has 3 rings (SSSR count). The van der Waals surface area contributed by atoms with Gasteiger partial charge in [-0.1, -0.05) is 37.7 Å². The molecule has 2 aromatic heterocycles. The fraction of sp³-hybridized carbons (Fsp3) is 0.391. The van der Waals surface area contributed by atoms with Crippen LogP contribution in [0.1, 0.15) is 47.1 Å². The van der Waals surface area contributed by atoms with Gasteiger partial charge in [-0.05, 0) is 63.2 Å². The Balaban J connectivity index is 1.55. The quantitative estimate of drug-likeness (QED) is 0.365. The standard InChI is InChI=1S/C23H30N6O3S/c1-6-28(7-2)13-18-10-11-20(32-18)22(31)26-25-21(30)14-33-23-27-24-17(5)29(23)19-12-15(3)8-9-16(19)4/h8-12H,6-7,13-14H2,1-5H3,(H,25,30)(H,26,31). The van der Waals surface area contributed by atoms with Crippen LogP contribution in [0.5, 0.6) is 0 Å².